The summed E-state index contributed by atoms with van der Waals surface area (Å²) in [7, 11) is 2.13. The van der Waals surface area contributed by atoms with Crippen molar-refractivity contribution in [2.24, 2.45) is 0 Å². The van der Waals surface area contributed by atoms with Crippen molar-refractivity contribution >= 4 is 5.97 Å². The van der Waals surface area contributed by atoms with Gasteiger partial charge in [0.2, 0.25) is 0 Å². The topological polar surface area (TPSA) is 43.8 Å². The van der Waals surface area contributed by atoms with Crippen molar-refractivity contribution in [3.8, 4) is 0 Å². The van der Waals surface area contributed by atoms with E-state index < -0.39 is 5.97 Å². The van der Waals surface area contributed by atoms with Gasteiger partial charge in [-0.2, -0.15) is 0 Å². The van der Waals surface area contributed by atoms with Crippen molar-refractivity contribution in [2.75, 3.05) is 26.7 Å². The van der Waals surface area contributed by atoms with Gasteiger partial charge in [-0.25, -0.2) is 0 Å². The van der Waals surface area contributed by atoms with E-state index in [-0.39, 0.29) is 12.0 Å². The van der Waals surface area contributed by atoms with E-state index >= 15 is 0 Å². The van der Waals surface area contributed by atoms with E-state index in [0.717, 1.165) is 26.1 Å². The number of piperazine rings is 1. The highest BCUT2D eigenvalue weighted by Gasteiger charge is 2.35. The van der Waals surface area contributed by atoms with Gasteiger partial charge in [0.1, 0.15) is 0 Å². The summed E-state index contributed by atoms with van der Waals surface area (Å²) in [5, 5.41) is 8.74. The monoisotopic (exact) mass is 228 g/mol. The van der Waals surface area contributed by atoms with Crippen LogP contribution in [0.15, 0.2) is 0 Å². The number of aliphatic carboxylic acids is 1. The van der Waals surface area contributed by atoms with Gasteiger partial charge in [0, 0.05) is 31.1 Å². The Hall–Kier alpha value is -0.610. The molecular formula is C12H24N2O2. The molecule has 0 aromatic carbocycles. The number of hydrogen-bond acceptors (Lipinski definition) is 3. The molecule has 0 spiro atoms. The van der Waals surface area contributed by atoms with E-state index in [0.29, 0.717) is 6.04 Å². The molecule has 0 aliphatic carbocycles. The number of rotatable bonds is 4. The smallest absolute Gasteiger partial charge is 0.303 e. The number of carbonyl (C=O) groups is 1. The van der Waals surface area contributed by atoms with Crippen molar-refractivity contribution in [2.45, 2.75) is 45.2 Å². The zero-order chi connectivity index (χ0) is 12.3. The van der Waals surface area contributed by atoms with E-state index in [1.807, 2.05) is 0 Å². The standard InChI is InChI=1S/C12H24N2O2/c1-5-14-9-12(2,3)13(4)8-10(14)6-7-11(15)16/h10H,5-9H2,1-4H3,(H,15,16). The minimum absolute atomic E-state index is 0.190. The largest absolute Gasteiger partial charge is 0.481 e. The van der Waals surface area contributed by atoms with Crippen molar-refractivity contribution in [1.82, 2.24) is 9.80 Å². The first-order valence-electron chi connectivity index (χ1n) is 6.04. The first-order valence-corrected chi connectivity index (χ1v) is 6.04. The lowest BCUT2D eigenvalue weighted by atomic mass is 9.94. The van der Waals surface area contributed by atoms with Gasteiger partial charge in [0.25, 0.3) is 0 Å². The van der Waals surface area contributed by atoms with E-state index in [4.69, 9.17) is 5.11 Å². The van der Waals surface area contributed by atoms with E-state index in [1.54, 1.807) is 0 Å². The molecule has 0 saturated carbocycles. The molecule has 1 aliphatic rings. The van der Waals surface area contributed by atoms with Gasteiger partial charge in [-0.15, -0.1) is 0 Å². The predicted octanol–water partition coefficient (Wildman–Crippen LogP) is 1.27. The van der Waals surface area contributed by atoms with Gasteiger partial charge in [-0.05, 0) is 33.9 Å². The second-order valence-electron chi connectivity index (χ2n) is 5.34. The summed E-state index contributed by atoms with van der Waals surface area (Å²) in [6.45, 7) is 9.61. The Labute approximate surface area is 98.2 Å². The molecule has 1 aliphatic heterocycles. The molecular weight excluding hydrogens is 204 g/mol. The first-order chi connectivity index (χ1) is 7.36. The van der Waals surface area contributed by atoms with Gasteiger partial charge in [-0.1, -0.05) is 6.92 Å². The molecule has 0 aromatic heterocycles. The second kappa shape index (κ2) is 5.15. The van der Waals surface area contributed by atoms with Crippen LogP contribution >= 0.6 is 0 Å². The highest BCUT2D eigenvalue weighted by molar-refractivity contribution is 5.66. The Morgan fingerprint density at radius 3 is 2.62 bits per heavy atom. The lowest BCUT2D eigenvalue weighted by Crippen LogP contribution is -2.61. The quantitative estimate of drug-likeness (QED) is 0.787. The zero-order valence-corrected chi connectivity index (χ0v) is 10.9. The van der Waals surface area contributed by atoms with Gasteiger partial charge >= 0.3 is 5.97 Å². The van der Waals surface area contributed by atoms with Crippen molar-refractivity contribution in [1.29, 1.82) is 0 Å². The fourth-order valence-corrected chi connectivity index (χ4v) is 2.36. The lowest BCUT2D eigenvalue weighted by Gasteiger charge is -2.49. The van der Waals surface area contributed by atoms with Gasteiger partial charge in [0.05, 0.1) is 0 Å². The molecule has 4 heteroatoms. The van der Waals surface area contributed by atoms with Crippen molar-refractivity contribution < 1.29 is 9.90 Å². The van der Waals surface area contributed by atoms with Crippen LogP contribution < -0.4 is 0 Å². The van der Waals surface area contributed by atoms with Crippen molar-refractivity contribution in [3.05, 3.63) is 0 Å². The molecule has 0 aromatic rings. The molecule has 4 nitrogen and oxygen atoms in total. The summed E-state index contributed by atoms with van der Waals surface area (Å²) >= 11 is 0. The Kier molecular flexibility index (Phi) is 4.33. The summed E-state index contributed by atoms with van der Waals surface area (Å²) in [5.41, 5.74) is 0.190. The summed E-state index contributed by atoms with van der Waals surface area (Å²) in [6.07, 6.45) is 1.03. The molecule has 0 amide bonds. The fourth-order valence-electron chi connectivity index (χ4n) is 2.36. The van der Waals surface area contributed by atoms with Crippen LogP contribution in [-0.4, -0.2) is 59.1 Å². The van der Waals surface area contributed by atoms with Gasteiger partial charge in [-0.3, -0.25) is 14.6 Å². The van der Waals surface area contributed by atoms with E-state index in [1.165, 1.54) is 0 Å². The molecule has 0 radical (unpaired) electrons. The van der Waals surface area contributed by atoms with E-state index in [9.17, 15) is 4.79 Å². The van der Waals surface area contributed by atoms with Crippen LogP contribution in [0.2, 0.25) is 0 Å². The molecule has 1 atom stereocenters. The third-order valence-corrected chi connectivity index (χ3v) is 3.72. The molecule has 1 saturated heterocycles. The summed E-state index contributed by atoms with van der Waals surface area (Å²) in [5.74, 6) is -0.691. The lowest BCUT2D eigenvalue weighted by molar-refractivity contribution is -0.137. The predicted molar refractivity (Wildman–Crippen MR) is 64.6 cm³/mol. The Bertz CT molecular complexity index is 253. The third kappa shape index (κ3) is 3.19. The number of nitrogens with zero attached hydrogens (tertiary/aromatic N) is 2. The number of likely N-dealkylation sites (N-methyl/N-ethyl adjacent to an activating group) is 2. The average Bonchev–Trinajstić information content (AvgIpc) is 2.19. The molecule has 16 heavy (non-hydrogen) atoms. The molecule has 1 rings (SSSR count). The first kappa shape index (κ1) is 13.5. The molecule has 1 unspecified atom stereocenters. The Balaban J connectivity index is 2.60. The Morgan fingerprint density at radius 1 is 1.50 bits per heavy atom. The second-order valence-corrected chi connectivity index (χ2v) is 5.34. The maximum Gasteiger partial charge on any atom is 0.303 e. The van der Waals surface area contributed by atoms with Crippen LogP contribution in [0.1, 0.15) is 33.6 Å². The normalized spacial score (nSPS) is 26.9. The Morgan fingerprint density at radius 2 is 2.12 bits per heavy atom. The van der Waals surface area contributed by atoms with Crippen LogP contribution in [0, 0.1) is 0 Å². The minimum atomic E-state index is -0.691. The van der Waals surface area contributed by atoms with Gasteiger partial charge in [0.15, 0.2) is 0 Å². The summed E-state index contributed by atoms with van der Waals surface area (Å²) < 4.78 is 0. The van der Waals surface area contributed by atoms with E-state index in [2.05, 4.69) is 37.6 Å². The SMILES string of the molecule is CCN1CC(C)(C)N(C)CC1CCC(=O)O. The maximum absolute atomic E-state index is 10.6. The minimum Gasteiger partial charge on any atom is -0.481 e. The highest BCUT2D eigenvalue weighted by atomic mass is 16.4. The summed E-state index contributed by atoms with van der Waals surface area (Å²) in [4.78, 5) is 15.4. The van der Waals surface area contributed by atoms with Crippen LogP contribution in [-0.2, 0) is 4.79 Å². The molecule has 94 valence electrons. The molecule has 1 N–H and O–H groups in total. The number of hydrogen-bond donors (Lipinski definition) is 1. The van der Waals surface area contributed by atoms with Crippen LogP contribution in [0.3, 0.4) is 0 Å². The highest BCUT2D eigenvalue weighted by Crippen LogP contribution is 2.24. The maximum atomic E-state index is 10.6. The van der Waals surface area contributed by atoms with Crippen LogP contribution in [0.4, 0.5) is 0 Å². The van der Waals surface area contributed by atoms with Gasteiger partial charge < -0.3 is 5.11 Å². The molecule has 1 fully saturated rings. The third-order valence-electron chi connectivity index (χ3n) is 3.72. The molecule has 0 bridgehead atoms. The zero-order valence-electron chi connectivity index (χ0n) is 10.9. The van der Waals surface area contributed by atoms with Crippen LogP contribution in [0.25, 0.3) is 0 Å². The summed E-state index contributed by atoms with van der Waals surface area (Å²) in [6, 6.07) is 0.388. The average molecular weight is 228 g/mol. The van der Waals surface area contributed by atoms with Crippen LogP contribution in [0.5, 0.6) is 0 Å². The number of carboxylic acids is 1. The molecule has 1 heterocycles. The fraction of sp³-hybridized carbons (Fsp3) is 0.917. The van der Waals surface area contributed by atoms with Crippen molar-refractivity contribution in [3.63, 3.8) is 0 Å². The number of carboxylic acid groups (broad SMARTS) is 1.